The number of carbonyl (C=O) groups excluding carboxylic acids is 2. The van der Waals surface area contributed by atoms with Crippen LogP contribution in [-0.4, -0.2) is 30.9 Å². The molecule has 1 heterocycles. The van der Waals surface area contributed by atoms with Crippen LogP contribution in [0.2, 0.25) is 0 Å². The number of hydrogen-bond donors (Lipinski definition) is 2. The van der Waals surface area contributed by atoms with Gasteiger partial charge in [-0.2, -0.15) is 0 Å². The van der Waals surface area contributed by atoms with Crippen molar-refractivity contribution < 1.29 is 9.59 Å². The fourth-order valence-corrected chi connectivity index (χ4v) is 3.20. The molecule has 0 aliphatic heterocycles. The summed E-state index contributed by atoms with van der Waals surface area (Å²) in [5.41, 5.74) is 9.64. The van der Waals surface area contributed by atoms with E-state index in [9.17, 15) is 9.59 Å². The molecule has 0 saturated heterocycles. The lowest BCUT2D eigenvalue weighted by Gasteiger charge is -2.18. The highest BCUT2D eigenvalue weighted by Gasteiger charge is 2.30. The van der Waals surface area contributed by atoms with E-state index >= 15 is 0 Å². The molecule has 0 spiro atoms. The quantitative estimate of drug-likeness (QED) is 0.881. The normalized spacial score (nSPS) is 13.7. The van der Waals surface area contributed by atoms with Crippen LogP contribution >= 0.6 is 11.3 Å². The van der Waals surface area contributed by atoms with Crippen LogP contribution < -0.4 is 16.0 Å². The van der Waals surface area contributed by atoms with E-state index in [1.807, 2.05) is 19.0 Å². The number of thiazole rings is 1. The third-order valence-electron chi connectivity index (χ3n) is 3.78. The van der Waals surface area contributed by atoms with Gasteiger partial charge < -0.3 is 16.0 Å². The molecule has 1 fully saturated rings. The zero-order chi connectivity index (χ0) is 16.6. The smallest absolute Gasteiger partial charge is 0.267 e. The van der Waals surface area contributed by atoms with Gasteiger partial charge in [-0.3, -0.25) is 9.59 Å². The van der Waals surface area contributed by atoms with Gasteiger partial charge in [0, 0.05) is 25.6 Å². The molecule has 7 heteroatoms. The van der Waals surface area contributed by atoms with Crippen molar-refractivity contribution in [2.24, 2.45) is 5.73 Å². The molecule has 1 aromatic carbocycles. The molecule has 23 heavy (non-hydrogen) atoms. The average molecular weight is 330 g/mol. The first-order valence-corrected chi connectivity index (χ1v) is 8.21. The molecule has 0 bridgehead atoms. The SMILES string of the molecule is CN(C)c1ccc(C(N)=O)cc1NC(=O)c1scnc1C1CC1. The first-order chi connectivity index (χ1) is 11.0. The van der Waals surface area contributed by atoms with Gasteiger partial charge in [0.1, 0.15) is 4.88 Å². The predicted octanol–water partition coefficient (Wildman–Crippen LogP) is 2.44. The summed E-state index contributed by atoms with van der Waals surface area (Å²) in [6, 6.07) is 5.02. The van der Waals surface area contributed by atoms with Crippen LogP contribution in [0.5, 0.6) is 0 Å². The predicted molar refractivity (Wildman–Crippen MR) is 91.3 cm³/mol. The molecule has 1 aliphatic carbocycles. The maximum Gasteiger partial charge on any atom is 0.267 e. The van der Waals surface area contributed by atoms with Crippen molar-refractivity contribution in [3.63, 3.8) is 0 Å². The Labute approximate surface area is 138 Å². The Morgan fingerprint density at radius 1 is 1.35 bits per heavy atom. The molecular formula is C16H18N4O2S. The average Bonchev–Trinajstić information content (AvgIpc) is 3.23. The summed E-state index contributed by atoms with van der Waals surface area (Å²) >= 11 is 1.34. The molecule has 0 radical (unpaired) electrons. The first-order valence-electron chi connectivity index (χ1n) is 7.33. The van der Waals surface area contributed by atoms with Gasteiger partial charge in [0.05, 0.1) is 22.6 Å². The van der Waals surface area contributed by atoms with Crippen molar-refractivity contribution in [1.82, 2.24) is 4.98 Å². The number of hydrogen-bond acceptors (Lipinski definition) is 5. The molecule has 3 rings (SSSR count). The lowest BCUT2D eigenvalue weighted by Crippen LogP contribution is -2.18. The van der Waals surface area contributed by atoms with E-state index in [2.05, 4.69) is 10.3 Å². The highest BCUT2D eigenvalue weighted by atomic mass is 32.1. The molecule has 0 atom stereocenters. The minimum atomic E-state index is -0.526. The van der Waals surface area contributed by atoms with Crippen molar-refractivity contribution in [1.29, 1.82) is 0 Å². The number of amides is 2. The standard InChI is InChI=1S/C16H18N4O2S/c1-20(2)12-6-5-10(15(17)21)7-11(12)19-16(22)14-13(9-3-4-9)18-8-23-14/h5-9H,3-4H2,1-2H3,(H2,17,21)(H,19,22). The highest BCUT2D eigenvalue weighted by Crippen LogP contribution is 2.42. The Balaban J connectivity index is 1.91. The number of nitrogens with one attached hydrogen (secondary N) is 1. The number of nitrogens with two attached hydrogens (primary N) is 1. The molecule has 2 amide bonds. The summed E-state index contributed by atoms with van der Waals surface area (Å²) in [4.78, 5) is 30.8. The fraction of sp³-hybridized carbons (Fsp3) is 0.312. The first kappa shape index (κ1) is 15.5. The number of rotatable bonds is 5. The molecule has 0 unspecified atom stereocenters. The lowest BCUT2D eigenvalue weighted by molar-refractivity contribution is 0.0996. The van der Waals surface area contributed by atoms with Gasteiger partial charge in [-0.1, -0.05) is 0 Å². The zero-order valence-electron chi connectivity index (χ0n) is 13.0. The van der Waals surface area contributed by atoms with E-state index in [4.69, 9.17) is 5.73 Å². The molecule has 1 saturated carbocycles. The summed E-state index contributed by atoms with van der Waals surface area (Å²) in [5.74, 6) is -0.311. The number of anilines is 2. The van der Waals surface area contributed by atoms with Gasteiger partial charge in [0.25, 0.3) is 5.91 Å². The van der Waals surface area contributed by atoms with Gasteiger partial charge in [0.2, 0.25) is 5.91 Å². The Kier molecular flexibility index (Phi) is 4.04. The minimum absolute atomic E-state index is 0.195. The van der Waals surface area contributed by atoms with Crippen molar-refractivity contribution in [3.05, 3.63) is 39.8 Å². The van der Waals surface area contributed by atoms with E-state index in [1.165, 1.54) is 11.3 Å². The van der Waals surface area contributed by atoms with Crippen LogP contribution in [0.3, 0.4) is 0 Å². The van der Waals surface area contributed by atoms with Crippen LogP contribution in [0.15, 0.2) is 23.7 Å². The minimum Gasteiger partial charge on any atom is -0.376 e. The lowest BCUT2D eigenvalue weighted by atomic mass is 10.1. The number of nitrogens with zero attached hydrogens (tertiary/aromatic N) is 2. The van der Waals surface area contributed by atoms with Crippen molar-refractivity contribution in [3.8, 4) is 0 Å². The van der Waals surface area contributed by atoms with Crippen LogP contribution in [0.1, 0.15) is 44.5 Å². The number of benzene rings is 1. The summed E-state index contributed by atoms with van der Waals surface area (Å²) < 4.78 is 0. The summed E-state index contributed by atoms with van der Waals surface area (Å²) in [5, 5.41) is 2.89. The molecule has 1 aromatic heterocycles. The second-order valence-electron chi connectivity index (χ2n) is 5.79. The second kappa shape index (κ2) is 6.00. The third-order valence-corrected chi connectivity index (χ3v) is 4.62. The van der Waals surface area contributed by atoms with Crippen LogP contribution in [0.4, 0.5) is 11.4 Å². The number of aromatic nitrogens is 1. The van der Waals surface area contributed by atoms with Crippen LogP contribution in [0, 0.1) is 0 Å². The second-order valence-corrected chi connectivity index (χ2v) is 6.64. The molecule has 2 aromatic rings. The van der Waals surface area contributed by atoms with E-state index in [0.29, 0.717) is 22.0 Å². The Bertz CT molecular complexity index is 765. The highest BCUT2D eigenvalue weighted by molar-refractivity contribution is 7.12. The van der Waals surface area contributed by atoms with Crippen molar-refractivity contribution in [2.75, 3.05) is 24.3 Å². The maximum absolute atomic E-state index is 12.6. The molecule has 3 N–H and O–H groups in total. The monoisotopic (exact) mass is 330 g/mol. The summed E-state index contributed by atoms with van der Waals surface area (Å²) in [7, 11) is 3.74. The fourth-order valence-electron chi connectivity index (χ4n) is 2.43. The largest absolute Gasteiger partial charge is 0.376 e. The van der Waals surface area contributed by atoms with Crippen LogP contribution in [-0.2, 0) is 0 Å². The summed E-state index contributed by atoms with van der Waals surface area (Å²) in [6.45, 7) is 0. The molecule has 6 nitrogen and oxygen atoms in total. The Morgan fingerprint density at radius 2 is 2.09 bits per heavy atom. The van der Waals surface area contributed by atoms with E-state index < -0.39 is 5.91 Å². The molecular weight excluding hydrogens is 312 g/mol. The Morgan fingerprint density at radius 3 is 2.70 bits per heavy atom. The maximum atomic E-state index is 12.6. The van der Waals surface area contributed by atoms with Crippen LogP contribution in [0.25, 0.3) is 0 Å². The van der Waals surface area contributed by atoms with E-state index in [0.717, 1.165) is 24.2 Å². The van der Waals surface area contributed by atoms with Crippen molar-refractivity contribution >= 4 is 34.5 Å². The van der Waals surface area contributed by atoms with Gasteiger partial charge in [-0.05, 0) is 31.0 Å². The number of carbonyl (C=O) groups is 2. The van der Waals surface area contributed by atoms with Gasteiger partial charge in [-0.15, -0.1) is 11.3 Å². The molecule has 120 valence electrons. The molecule has 1 aliphatic rings. The summed E-state index contributed by atoms with van der Waals surface area (Å²) in [6.07, 6.45) is 2.17. The van der Waals surface area contributed by atoms with E-state index in [-0.39, 0.29) is 5.91 Å². The van der Waals surface area contributed by atoms with Gasteiger partial charge in [0.15, 0.2) is 0 Å². The van der Waals surface area contributed by atoms with E-state index in [1.54, 1.807) is 23.7 Å². The topological polar surface area (TPSA) is 88.3 Å². The van der Waals surface area contributed by atoms with Gasteiger partial charge in [-0.25, -0.2) is 4.98 Å². The third kappa shape index (κ3) is 3.19. The van der Waals surface area contributed by atoms with Gasteiger partial charge >= 0.3 is 0 Å². The van der Waals surface area contributed by atoms with Crippen molar-refractivity contribution in [2.45, 2.75) is 18.8 Å². The zero-order valence-corrected chi connectivity index (χ0v) is 13.8. The number of primary amides is 1. The Hall–Kier alpha value is -2.41.